The van der Waals surface area contributed by atoms with Crippen LogP contribution in [0.15, 0.2) is 170 Å². The largest absolute Gasteiger partial charge is 0.309 e. The molecule has 0 aliphatic rings. The summed E-state index contributed by atoms with van der Waals surface area (Å²) < 4.78 is 0. The summed E-state index contributed by atoms with van der Waals surface area (Å²) in [5.41, 5.74) is 14.6. The first-order valence-electron chi connectivity index (χ1n) is 22.0. The smallest absolute Gasteiger partial charge is 0.0620 e. The van der Waals surface area contributed by atoms with E-state index < -0.39 is 0 Å². The molecule has 308 valence electrons. The highest BCUT2D eigenvalue weighted by molar-refractivity contribution is 6.23. The molecule has 0 fully saturated rings. The van der Waals surface area contributed by atoms with Crippen molar-refractivity contribution in [2.24, 2.45) is 0 Å². The first-order chi connectivity index (χ1) is 29.0. The molecule has 0 unspecified atom stereocenters. The standard InChI is InChI=1S/C59H62N2/c1-40(2)41-21-30-47(31-22-41)61(50-36-28-46(29-37-50)59(9,10)11)56-52-20-16-15-19-51(52)55(53-38-23-43(39-54(53)56)42-17-13-12-14-18-42)60(48-32-24-44(25-33-48)57(3,4)5)49-34-26-45(27-35-49)58(6,7)8/h12-40H,1-11H3. The van der Waals surface area contributed by atoms with E-state index in [1.165, 1.54) is 66.3 Å². The molecule has 8 rings (SSSR count). The normalized spacial score (nSPS) is 12.3. The molecular formula is C59H62N2. The van der Waals surface area contributed by atoms with Gasteiger partial charge >= 0.3 is 0 Å². The minimum Gasteiger partial charge on any atom is -0.309 e. The maximum absolute atomic E-state index is 2.50. The summed E-state index contributed by atoms with van der Waals surface area (Å²) in [5, 5.41) is 4.74. The van der Waals surface area contributed by atoms with E-state index in [4.69, 9.17) is 0 Å². The van der Waals surface area contributed by atoms with Crippen LogP contribution in [0.25, 0.3) is 32.7 Å². The topological polar surface area (TPSA) is 6.48 Å². The van der Waals surface area contributed by atoms with Gasteiger partial charge in [0.2, 0.25) is 0 Å². The van der Waals surface area contributed by atoms with Gasteiger partial charge in [-0.05, 0) is 110 Å². The van der Waals surface area contributed by atoms with E-state index in [-0.39, 0.29) is 16.2 Å². The summed E-state index contributed by atoms with van der Waals surface area (Å²) >= 11 is 0. The summed E-state index contributed by atoms with van der Waals surface area (Å²) in [6, 6.07) is 63.9. The molecule has 0 heterocycles. The molecule has 61 heavy (non-hydrogen) atoms. The van der Waals surface area contributed by atoms with Crippen LogP contribution >= 0.6 is 0 Å². The van der Waals surface area contributed by atoms with Crippen molar-refractivity contribution in [3.05, 3.63) is 192 Å². The lowest BCUT2D eigenvalue weighted by Crippen LogP contribution is -2.16. The summed E-state index contributed by atoms with van der Waals surface area (Å²) in [4.78, 5) is 5.00. The van der Waals surface area contributed by atoms with Gasteiger partial charge in [-0.1, -0.05) is 191 Å². The Bertz CT molecular complexity index is 2720. The van der Waals surface area contributed by atoms with E-state index in [1.54, 1.807) is 0 Å². The molecule has 0 aliphatic carbocycles. The van der Waals surface area contributed by atoms with Crippen molar-refractivity contribution in [3.63, 3.8) is 0 Å². The predicted molar refractivity (Wildman–Crippen MR) is 266 cm³/mol. The number of anilines is 6. The quantitative estimate of drug-likeness (QED) is 0.112. The van der Waals surface area contributed by atoms with Gasteiger partial charge in [0.05, 0.1) is 11.4 Å². The van der Waals surface area contributed by atoms with Gasteiger partial charge in [-0.3, -0.25) is 0 Å². The second-order valence-electron chi connectivity index (χ2n) is 20.2. The summed E-state index contributed by atoms with van der Waals surface area (Å²) in [7, 11) is 0. The van der Waals surface area contributed by atoms with Crippen LogP contribution in [0.3, 0.4) is 0 Å². The molecule has 0 radical (unpaired) electrons. The molecular weight excluding hydrogens is 737 g/mol. The van der Waals surface area contributed by atoms with Crippen LogP contribution in [0.5, 0.6) is 0 Å². The van der Waals surface area contributed by atoms with E-state index in [1.807, 2.05) is 0 Å². The highest BCUT2D eigenvalue weighted by atomic mass is 15.2. The fourth-order valence-corrected chi connectivity index (χ4v) is 8.58. The van der Waals surface area contributed by atoms with Crippen LogP contribution in [0.4, 0.5) is 34.1 Å². The molecule has 0 spiro atoms. The van der Waals surface area contributed by atoms with Gasteiger partial charge in [-0.2, -0.15) is 0 Å². The van der Waals surface area contributed by atoms with Gasteiger partial charge in [0.1, 0.15) is 0 Å². The average molecular weight is 799 g/mol. The summed E-state index contributed by atoms with van der Waals surface area (Å²) in [6.45, 7) is 25.1. The van der Waals surface area contributed by atoms with Crippen LogP contribution in [0, 0.1) is 0 Å². The predicted octanol–water partition coefficient (Wildman–Crippen LogP) is 17.6. The van der Waals surface area contributed by atoms with Crippen molar-refractivity contribution >= 4 is 55.7 Å². The van der Waals surface area contributed by atoms with Crippen LogP contribution < -0.4 is 9.80 Å². The Morgan fingerprint density at radius 1 is 0.328 bits per heavy atom. The molecule has 0 bridgehead atoms. The van der Waals surface area contributed by atoms with Gasteiger partial charge in [-0.25, -0.2) is 0 Å². The number of hydrogen-bond donors (Lipinski definition) is 0. The summed E-state index contributed by atoms with van der Waals surface area (Å²) in [5.74, 6) is 0.434. The molecule has 2 nitrogen and oxygen atoms in total. The van der Waals surface area contributed by atoms with E-state index in [9.17, 15) is 0 Å². The molecule has 0 atom stereocenters. The van der Waals surface area contributed by atoms with Gasteiger partial charge in [0, 0.05) is 44.3 Å². The lowest BCUT2D eigenvalue weighted by Gasteiger charge is -2.34. The van der Waals surface area contributed by atoms with Crippen LogP contribution in [-0.2, 0) is 16.2 Å². The molecule has 0 amide bonds. The monoisotopic (exact) mass is 798 g/mol. The molecule has 8 aromatic carbocycles. The third kappa shape index (κ3) is 8.34. The van der Waals surface area contributed by atoms with Crippen molar-refractivity contribution in [1.82, 2.24) is 0 Å². The van der Waals surface area contributed by atoms with Gasteiger partial charge < -0.3 is 9.80 Å². The Kier molecular flexibility index (Phi) is 10.9. The van der Waals surface area contributed by atoms with Crippen LogP contribution in [0.1, 0.15) is 104 Å². The zero-order valence-electron chi connectivity index (χ0n) is 38.1. The van der Waals surface area contributed by atoms with Crippen molar-refractivity contribution in [2.45, 2.75) is 98.3 Å². The Balaban J connectivity index is 1.50. The minimum absolute atomic E-state index is 0.0352. The SMILES string of the molecule is CC(C)c1ccc(N(c2ccc(C(C)(C)C)cc2)c2c3ccccc3c(N(c3ccc(C(C)(C)C)cc3)c3ccc(C(C)(C)C)cc3)c3ccc(-c4ccccc4)cc23)cc1. The average Bonchev–Trinajstić information content (AvgIpc) is 3.24. The Labute approximate surface area is 365 Å². The molecule has 0 aliphatic heterocycles. The first kappa shape index (κ1) is 41.6. The van der Waals surface area contributed by atoms with Crippen LogP contribution in [-0.4, -0.2) is 0 Å². The third-order valence-corrected chi connectivity index (χ3v) is 12.3. The second-order valence-corrected chi connectivity index (χ2v) is 20.2. The highest BCUT2D eigenvalue weighted by Gasteiger charge is 2.27. The molecule has 2 heteroatoms. The zero-order chi connectivity index (χ0) is 43.3. The lowest BCUT2D eigenvalue weighted by molar-refractivity contribution is 0.590. The number of nitrogens with zero attached hydrogens (tertiary/aromatic N) is 2. The molecule has 0 saturated heterocycles. The fourth-order valence-electron chi connectivity index (χ4n) is 8.58. The van der Waals surface area contributed by atoms with Crippen molar-refractivity contribution in [2.75, 3.05) is 9.80 Å². The third-order valence-electron chi connectivity index (χ3n) is 12.3. The number of rotatable bonds is 8. The van der Waals surface area contributed by atoms with Gasteiger partial charge in [0.25, 0.3) is 0 Å². The summed E-state index contributed by atoms with van der Waals surface area (Å²) in [6.07, 6.45) is 0. The van der Waals surface area contributed by atoms with Gasteiger partial charge in [0.15, 0.2) is 0 Å². The zero-order valence-corrected chi connectivity index (χ0v) is 38.1. The van der Waals surface area contributed by atoms with Crippen molar-refractivity contribution < 1.29 is 0 Å². The number of fused-ring (bicyclic) bond motifs is 2. The van der Waals surface area contributed by atoms with Gasteiger partial charge in [-0.15, -0.1) is 0 Å². The molecule has 8 aromatic rings. The molecule has 0 N–H and O–H groups in total. The number of hydrogen-bond acceptors (Lipinski definition) is 2. The lowest BCUT2D eigenvalue weighted by atomic mass is 9.86. The van der Waals surface area contributed by atoms with Crippen LogP contribution in [0.2, 0.25) is 0 Å². The second kappa shape index (κ2) is 16.1. The van der Waals surface area contributed by atoms with E-state index in [0.717, 1.165) is 22.7 Å². The van der Waals surface area contributed by atoms with Crippen molar-refractivity contribution in [1.29, 1.82) is 0 Å². The molecule has 0 aromatic heterocycles. The fraction of sp³-hybridized carbons (Fsp3) is 0.254. The van der Waals surface area contributed by atoms with E-state index in [2.05, 4.69) is 256 Å². The first-order valence-corrected chi connectivity index (χ1v) is 22.0. The van der Waals surface area contributed by atoms with E-state index >= 15 is 0 Å². The Hall–Kier alpha value is -6.12. The minimum atomic E-state index is 0.0352. The maximum Gasteiger partial charge on any atom is 0.0620 e. The number of benzene rings is 8. The Morgan fingerprint density at radius 2 is 0.672 bits per heavy atom. The molecule has 0 saturated carbocycles. The van der Waals surface area contributed by atoms with E-state index in [0.29, 0.717) is 5.92 Å². The Morgan fingerprint density at radius 3 is 1.05 bits per heavy atom. The highest BCUT2D eigenvalue weighted by Crippen LogP contribution is 2.52. The maximum atomic E-state index is 2.50. The van der Waals surface area contributed by atoms with Crippen molar-refractivity contribution in [3.8, 4) is 11.1 Å².